The number of hydrogen-bond donors (Lipinski definition) is 0. The fourth-order valence-corrected chi connectivity index (χ4v) is 3.59. The van der Waals surface area contributed by atoms with Crippen molar-refractivity contribution in [1.82, 2.24) is 19.0 Å². The van der Waals surface area contributed by atoms with E-state index in [2.05, 4.69) is 18.8 Å². The topological polar surface area (TPSA) is 77.2 Å². The summed E-state index contributed by atoms with van der Waals surface area (Å²) < 4.78 is 2.35. The van der Waals surface area contributed by atoms with Crippen LogP contribution in [0.5, 0.6) is 0 Å². The van der Waals surface area contributed by atoms with Crippen LogP contribution in [0.25, 0.3) is 11.0 Å². The molecule has 7 nitrogen and oxygen atoms in total. The molecule has 1 aliphatic rings. The molecule has 1 aliphatic heterocycles. The maximum Gasteiger partial charge on any atom is 0.332 e. The number of carbonyl (C=O) groups excluding carboxylic acids is 1. The van der Waals surface area contributed by atoms with Crippen LogP contribution in [0, 0.1) is 11.8 Å². The monoisotopic (exact) mass is 330 g/mol. The average molecular weight is 330 g/mol. The molecule has 3 rings (SSSR count). The lowest BCUT2D eigenvalue weighted by molar-refractivity contribution is 0.0623. The number of rotatable bonds is 1. The second-order valence-corrected chi connectivity index (χ2v) is 6.96. The molecule has 0 aromatic carbocycles. The fourth-order valence-electron chi connectivity index (χ4n) is 3.59. The number of piperidine rings is 1. The number of aryl methyl sites for hydroxylation is 1. The molecular formula is C17H22N4O3. The van der Waals surface area contributed by atoms with Crippen LogP contribution >= 0.6 is 0 Å². The number of nitrogens with zero attached hydrogens (tertiary/aromatic N) is 4. The van der Waals surface area contributed by atoms with Gasteiger partial charge in [-0.05, 0) is 24.3 Å². The van der Waals surface area contributed by atoms with Crippen molar-refractivity contribution in [1.29, 1.82) is 0 Å². The van der Waals surface area contributed by atoms with Gasteiger partial charge in [-0.3, -0.25) is 18.7 Å². The Bertz CT molecular complexity index is 918. The molecule has 0 aliphatic carbocycles. The fraction of sp³-hybridized carbons (Fsp3) is 0.529. The lowest BCUT2D eigenvalue weighted by Crippen LogP contribution is -2.42. The predicted molar refractivity (Wildman–Crippen MR) is 91.1 cm³/mol. The minimum absolute atomic E-state index is 0.112. The molecule has 0 radical (unpaired) electrons. The summed E-state index contributed by atoms with van der Waals surface area (Å²) in [5, 5.41) is 0.281. The first-order valence-electron chi connectivity index (χ1n) is 8.14. The Morgan fingerprint density at radius 1 is 1.12 bits per heavy atom. The molecule has 0 spiro atoms. The number of carbonyl (C=O) groups is 1. The Morgan fingerprint density at radius 3 is 2.38 bits per heavy atom. The van der Waals surface area contributed by atoms with E-state index in [0.717, 1.165) is 11.0 Å². The van der Waals surface area contributed by atoms with Crippen molar-refractivity contribution in [2.45, 2.75) is 20.3 Å². The zero-order valence-corrected chi connectivity index (χ0v) is 14.4. The summed E-state index contributed by atoms with van der Waals surface area (Å²) in [6, 6.07) is 1.55. The molecule has 1 fully saturated rings. The number of amides is 1. The summed E-state index contributed by atoms with van der Waals surface area (Å²) in [7, 11) is 2.99. The predicted octanol–water partition coefficient (Wildman–Crippen LogP) is 0.750. The van der Waals surface area contributed by atoms with Gasteiger partial charge in [0.2, 0.25) is 0 Å². The van der Waals surface area contributed by atoms with E-state index >= 15 is 0 Å². The molecule has 2 aromatic heterocycles. The average Bonchev–Trinajstić information content (AvgIpc) is 2.56. The van der Waals surface area contributed by atoms with E-state index < -0.39 is 11.2 Å². The van der Waals surface area contributed by atoms with Gasteiger partial charge in [0.05, 0.1) is 10.9 Å². The smallest absolute Gasteiger partial charge is 0.332 e. The molecule has 0 N–H and O–H groups in total. The summed E-state index contributed by atoms with van der Waals surface area (Å²) >= 11 is 0. The second kappa shape index (κ2) is 5.89. The molecule has 1 saturated heterocycles. The van der Waals surface area contributed by atoms with E-state index in [4.69, 9.17) is 0 Å². The van der Waals surface area contributed by atoms with Crippen molar-refractivity contribution in [3.8, 4) is 0 Å². The van der Waals surface area contributed by atoms with Crippen LogP contribution in [0.1, 0.15) is 30.6 Å². The van der Waals surface area contributed by atoms with Crippen molar-refractivity contribution in [3.05, 3.63) is 38.7 Å². The Hall–Kier alpha value is -2.44. The summed E-state index contributed by atoms with van der Waals surface area (Å²) in [6.07, 6.45) is 2.57. The summed E-state index contributed by atoms with van der Waals surface area (Å²) in [6.45, 7) is 5.71. The second-order valence-electron chi connectivity index (χ2n) is 6.96. The van der Waals surface area contributed by atoms with Crippen molar-refractivity contribution < 1.29 is 4.79 Å². The highest BCUT2D eigenvalue weighted by Crippen LogP contribution is 2.22. The summed E-state index contributed by atoms with van der Waals surface area (Å²) in [4.78, 5) is 43.1. The van der Waals surface area contributed by atoms with Crippen LogP contribution in [0.15, 0.2) is 21.9 Å². The van der Waals surface area contributed by atoms with Gasteiger partial charge in [-0.1, -0.05) is 13.8 Å². The van der Waals surface area contributed by atoms with E-state index in [1.807, 2.05) is 4.90 Å². The van der Waals surface area contributed by atoms with Gasteiger partial charge in [-0.25, -0.2) is 9.78 Å². The van der Waals surface area contributed by atoms with Gasteiger partial charge in [0.1, 0.15) is 5.65 Å². The molecule has 7 heteroatoms. The first kappa shape index (κ1) is 16.4. The maximum absolute atomic E-state index is 12.8. The molecule has 3 heterocycles. The standard InChI is InChI=1S/C17H22N4O3/c1-10-5-11(2)9-21(8-10)15(22)12-6-13-14(18-7-12)19(3)17(24)20(4)16(13)23/h6-7,10-11H,5,8-9H2,1-4H3/t10-,11+. The van der Waals surface area contributed by atoms with Crippen LogP contribution in [0.3, 0.4) is 0 Å². The lowest BCUT2D eigenvalue weighted by Gasteiger charge is -2.35. The molecular weight excluding hydrogens is 308 g/mol. The minimum Gasteiger partial charge on any atom is -0.338 e. The third-order valence-electron chi connectivity index (χ3n) is 4.70. The van der Waals surface area contributed by atoms with E-state index in [-0.39, 0.29) is 11.3 Å². The van der Waals surface area contributed by atoms with Crippen molar-refractivity contribution in [3.63, 3.8) is 0 Å². The molecule has 128 valence electrons. The van der Waals surface area contributed by atoms with Gasteiger partial charge in [0, 0.05) is 33.4 Å². The molecule has 1 amide bonds. The molecule has 24 heavy (non-hydrogen) atoms. The normalized spacial score (nSPS) is 21.2. The summed E-state index contributed by atoms with van der Waals surface area (Å²) in [5.41, 5.74) is -0.187. The van der Waals surface area contributed by atoms with Gasteiger partial charge >= 0.3 is 5.69 Å². The van der Waals surface area contributed by atoms with Crippen molar-refractivity contribution >= 4 is 16.9 Å². The van der Waals surface area contributed by atoms with Crippen LogP contribution in [-0.2, 0) is 14.1 Å². The Labute approximate surface area is 139 Å². The van der Waals surface area contributed by atoms with E-state index in [1.165, 1.54) is 17.8 Å². The zero-order chi connectivity index (χ0) is 17.6. The van der Waals surface area contributed by atoms with Crippen molar-refractivity contribution in [2.75, 3.05) is 13.1 Å². The van der Waals surface area contributed by atoms with Crippen LogP contribution in [-0.4, -0.2) is 38.0 Å². The molecule has 0 unspecified atom stereocenters. The highest BCUT2D eigenvalue weighted by Gasteiger charge is 2.26. The van der Waals surface area contributed by atoms with E-state index in [1.54, 1.807) is 13.1 Å². The minimum atomic E-state index is -0.435. The molecule has 0 saturated carbocycles. The SMILES string of the molecule is C[C@@H]1C[C@H](C)CN(C(=O)c2cnc3c(c2)c(=O)n(C)c(=O)n3C)C1. The van der Waals surface area contributed by atoms with Crippen LogP contribution in [0.4, 0.5) is 0 Å². The number of aromatic nitrogens is 3. The van der Waals surface area contributed by atoms with Gasteiger partial charge in [0.15, 0.2) is 0 Å². The number of pyridine rings is 1. The Kier molecular flexibility index (Phi) is 4.03. The quantitative estimate of drug-likeness (QED) is 0.773. The lowest BCUT2D eigenvalue weighted by atomic mass is 9.91. The summed E-state index contributed by atoms with van der Waals surface area (Å²) in [5.74, 6) is 0.804. The number of fused-ring (bicyclic) bond motifs is 1. The number of hydrogen-bond acceptors (Lipinski definition) is 4. The highest BCUT2D eigenvalue weighted by molar-refractivity contribution is 5.96. The Balaban J connectivity index is 2.07. The van der Waals surface area contributed by atoms with Crippen LogP contribution in [0.2, 0.25) is 0 Å². The van der Waals surface area contributed by atoms with Crippen molar-refractivity contribution in [2.24, 2.45) is 25.9 Å². The highest BCUT2D eigenvalue weighted by atomic mass is 16.2. The number of likely N-dealkylation sites (tertiary alicyclic amines) is 1. The third kappa shape index (κ3) is 2.64. The Morgan fingerprint density at radius 2 is 1.75 bits per heavy atom. The molecule has 2 aromatic rings. The molecule has 0 bridgehead atoms. The zero-order valence-electron chi connectivity index (χ0n) is 14.4. The van der Waals surface area contributed by atoms with Gasteiger partial charge in [-0.15, -0.1) is 0 Å². The third-order valence-corrected chi connectivity index (χ3v) is 4.70. The van der Waals surface area contributed by atoms with E-state index in [9.17, 15) is 14.4 Å². The molecule has 2 atom stereocenters. The van der Waals surface area contributed by atoms with E-state index in [0.29, 0.717) is 36.1 Å². The maximum atomic E-state index is 12.8. The first-order chi connectivity index (χ1) is 11.3. The van der Waals surface area contributed by atoms with Gasteiger partial charge in [0.25, 0.3) is 11.5 Å². The first-order valence-corrected chi connectivity index (χ1v) is 8.14. The largest absolute Gasteiger partial charge is 0.338 e. The van der Waals surface area contributed by atoms with Crippen LogP contribution < -0.4 is 11.2 Å². The van der Waals surface area contributed by atoms with Gasteiger partial charge in [-0.2, -0.15) is 0 Å². The van der Waals surface area contributed by atoms with Gasteiger partial charge < -0.3 is 4.90 Å².